The van der Waals surface area contributed by atoms with Gasteiger partial charge in [0.05, 0.1) is 15.7 Å². The van der Waals surface area contributed by atoms with Crippen LogP contribution in [0, 0.1) is 0 Å². The summed E-state index contributed by atoms with van der Waals surface area (Å²) in [6, 6.07) is 12.7. The maximum absolute atomic E-state index is 6.04. The number of hydrogen-bond donors (Lipinski definition) is 2. The van der Waals surface area contributed by atoms with E-state index in [9.17, 15) is 0 Å². The number of nitrogens with zero attached hydrogens (tertiary/aromatic N) is 2. The van der Waals surface area contributed by atoms with Crippen molar-refractivity contribution in [2.24, 2.45) is 0 Å². The molecule has 0 aliphatic rings. The van der Waals surface area contributed by atoms with E-state index in [4.69, 9.17) is 33.7 Å². The van der Waals surface area contributed by atoms with Crippen LogP contribution in [-0.2, 0) is 6.54 Å². The van der Waals surface area contributed by atoms with Crippen molar-refractivity contribution >= 4 is 53.8 Å². The summed E-state index contributed by atoms with van der Waals surface area (Å²) in [6.07, 6.45) is 1.81. The number of nitrogens with two attached hydrogens (primary N) is 1. The summed E-state index contributed by atoms with van der Waals surface area (Å²) in [6.45, 7) is 0.640. The number of nitrogen functional groups attached to an aromatic ring is 1. The molecule has 0 aliphatic carbocycles. The third kappa shape index (κ3) is 5.19. The first-order valence-corrected chi connectivity index (χ1v) is 8.04. The van der Waals surface area contributed by atoms with Gasteiger partial charge in [0, 0.05) is 30.4 Å². The van der Waals surface area contributed by atoms with E-state index < -0.39 is 0 Å². The first-order valence-electron chi connectivity index (χ1n) is 7.29. The fourth-order valence-corrected chi connectivity index (χ4v) is 2.57. The Bertz CT molecular complexity index is 870. The second-order valence-electron chi connectivity index (χ2n) is 5.19. The van der Waals surface area contributed by atoms with Crippen molar-refractivity contribution in [1.29, 1.82) is 0 Å². The van der Waals surface area contributed by atoms with Crippen molar-refractivity contribution in [3.05, 3.63) is 64.3 Å². The van der Waals surface area contributed by atoms with Gasteiger partial charge < -0.3 is 15.8 Å². The van der Waals surface area contributed by atoms with Gasteiger partial charge in [0.1, 0.15) is 17.3 Å². The molecule has 0 saturated carbocycles. The normalized spacial score (nSPS) is 9.96. The van der Waals surface area contributed by atoms with Gasteiger partial charge in [-0.05, 0) is 37.4 Å². The first-order chi connectivity index (χ1) is 11.6. The molecule has 3 N–H and O–H groups in total. The summed E-state index contributed by atoms with van der Waals surface area (Å²) in [5.74, 6) is 1.82. The minimum absolute atomic E-state index is 0. The van der Waals surface area contributed by atoms with Gasteiger partial charge in [-0.3, -0.25) is 0 Å². The summed E-state index contributed by atoms with van der Waals surface area (Å²) < 4.78 is 7.68. The van der Waals surface area contributed by atoms with Crippen LogP contribution in [0.2, 0.25) is 10.0 Å². The van der Waals surface area contributed by atoms with Crippen molar-refractivity contribution in [1.82, 2.24) is 15.1 Å². The molecule has 3 aromatic rings. The zero-order valence-electron chi connectivity index (χ0n) is 13.8. The lowest BCUT2D eigenvalue weighted by Gasteiger charge is -2.13. The molecule has 1 aromatic heterocycles. The van der Waals surface area contributed by atoms with Crippen LogP contribution in [0.25, 0.3) is 5.69 Å². The van der Waals surface area contributed by atoms with Gasteiger partial charge in [0.25, 0.3) is 0 Å². The second-order valence-corrected chi connectivity index (χ2v) is 6.00. The Balaban J connectivity index is 0.00000169. The third-order valence-electron chi connectivity index (χ3n) is 3.40. The van der Waals surface area contributed by atoms with E-state index in [2.05, 4.69) is 10.4 Å². The number of aromatic nitrogens is 2. The smallest absolute Gasteiger partial charge is 0.145 e. The maximum Gasteiger partial charge on any atom is 0.145 e. The highest BCUT2D eigenvalue weighted by Gasteiger charge is 2.09. The topological polar surface area (TPSA) is 65.1 Å². The first kappa shape index (κ1) is 22.4. The quantitative estimate of drug-likeness (QED) is 0.583. The summed E-state index contributed by atoms with van der Waals surface area (Å²) in [5.41, 5.74) is 7.56. The van der Waals surface area contributed by atoms with Gasteiger partial charge >= 0.3 is 0 Å². The fraction of sp³-hybridized carbons (Fsp3) is 0.118. The highest BCUT2D eigenvalue weighted by molar-refractivity contribution is 6.42. The molecule has 5 nitrogen and oxygen atoms in total. The summed E-state index contributed by atoms with van der Waals surface area (Å²) in [7, 11) is 1.88. The van der Waals surface area contributed by atoms with Crippen LogP contribution in [0.1, 0.15) is 5.56 Å². The fourth-order valence-electron chi connectivity index (χ4n) is 2.29. The van der Waals surface area contributed by atoms with E-state index in [0.29, 0.717) is 28.2 Å². The molecule has 0 saturated heterocycles. The molecule has 0 unspecified atom stereocenters. The largest absolute Gasteiger partial charge is 0.457 e. The lowest BCUT2D eigenvalue weighted by molar-refractivity contribution is 0.474. The molecule has 3 rings (SSSR count). The Morgan fingerprint density at radius 3 is 2.46 bits per heavy atom. The highest BCUT2D eigenvalue weighted by atomic mass is 35.5. The molecule has 0 bridgehead atoms. The molecule has 1 heterocycles. The number of hydrogen-bond acceptors (Lipinski definition) is 4. The Kier molecular flexibility index (Phi) is 8.53. The molecule has 26 heavy (non-hydrogen) atoms. The monoisotopic (exact) mass is 434 g/mol. The van der Waals surface area contributed by atoms with Crippen LogP contribution in [-0.4, -0.2) is 16.8 Å². The summed E-state index contributed by atoms with van der Waals surface area (Å²) in [4.78, 5) is 0. The molecule has 2 aromatic carbocycles. The predicted octanol–water partition coefficient (Wildman–Crippen LogP) is 5.12. The zero-order chi connectivity index (χ0) is 17.1. The van der Waals surface area contributed by atoms with Crippen LogP contribution in [0.5, 0.6) is 11.5 Å². The van der Waals surface area contributed by atoms with E-state index in [1.54, 1.807) is 28.9 Å². The molecule has 0 spiro atoms. The minimum atomic E-state index is 0. The van der Waals surface area contributed by atoms with Crippen molar-refractivity contribution in [3.8, 4) is 17.2 Å². The van der Waals surface area contributed by atoms with Crippen LogP contribution in [0.15, 0.2) is 48.7 Å². The standard InChI is InChI=1S/C17H16Cl2N4O.2ClH/c1-21-10-11-8-12(23-7-6-17(20)22-23)2-5-16(11)24-13-3-4-14(18)15(19)9-13;;/h2-9,21H,10H2,1H3,(H2,20,22);2*1H. The van der Waals surface area contributed by atoms with E-state index in [1.165, 1.54) is 0 Å². The summed E-state index contributed by atoms with van der Waals surface area (Å²) in [5, 5.41) is 8.29. The lowest BCUT2D eigenvalue weighted by Crippen LogP contribution is -2.07. The number of anilines is 1. The molecule has 140 valence electrons. The van der Waals surface area contributed by atoms with Crippen LogP contribution in [0.4, 0.5) is 5.82 Å². The molecular formula is C17H18Cl4N4O. The van der Waals surface area contributed by atoms with Crippen molar-refractivity contribution in [2.45, 2.75) is 6.54 Å². The zero-order valence-corrected chi connectivity index (χ0v) is 16.9. The third-order valence-corrected chi connectivity index (χ3v) is 4.14. The Morgan fingerprint density at radius 1 is 1.08 bits per heavy atom. The number of halogens is 4. The lowest BCUT2D eigenvalue weighted by atomic mass is 10.1. The Morgan fingerprint density at radius 2 is 1.85 bits per heavy atom. The van der Waals surface area contributed by atoms with E-state index in [0.717, 1.165) is 17.0 Å². The number of benzene rings is 2. The second kappa shape index (κ2) is 9.90. The van der Waals surface area contributed by atoms with Crippen LogP contribution < -0.4 is 15.8 Å². The summed E-state index contributed by atoms with van der Waals surface area (Å²) >= 11 is 12.0. The number of nitrogens with one attached hydrogen (secondary N) is 1. The SMILES string of the molecule is CNCc1cc(-n2ccc(N)n2)ccc1Oc1ccc(Cl)c(Cl)c1.Cl.Cl. The van der Waals surface area contributed by atoms with Gasteiger partial charge in [-0.25, -0.2) is 4.68 Å². The molecule has 0 aliphatic heterocycles. The number of rotatable bonds is 5. The van der Waals surface area contributed by atoms with Gasteiger partial charge in [0.2, 0.25) is 0 Å². The Hall–Kier alpha value is -1.63. The predicted molar refractivity (Wildman–Crippen MR) is 112 cm³/mol. The van der Waals surface area contributed by atoms with E-state index in [-0.39, 0.29) is 24.8 Å². The van der Waals surface area contributed by atoms with Gasteiger partial charge in [-0.15, -0.1) is 24.8 Å². The van der Waals surface area contributed by atoms with Gasteiger partial charge in [-0.2, -0.15) is 5.10 Å². The maximum atomic E-state index is 6.04. The van der Waals surface area contributed by atoms with Crippen molar-refractivity contribution < 1.29 is 4.74 Å². The minimum Gasteiger partial charge on any atom is -0.457 e. The average molecular weight is 436 g/mol. The molecule has 0 amide bonds. The number of ether oxygens (including phenoxy) is 1. The molecular weight excluding hydrogens is 418 g/mol. The molecule has 9 heteroatoms. The van der Waals surface area contributed by atoms with Crippen molar-refractivity contribution in [2.75, 3.05) is 12.8 Å². The van der Waals surface area contributed by atoms with E-state index in [1.807, 2.05) is 31.4 Å². The molecule has 0 fully saturated rings. The van der Waals surface area contributed by atoms with E-state index >= 15 is 0 Å². The van der Waals surface area contributed by atoms with Gasteiger partial charge in [0.15, 0.2) is 0 Å². The van der Waals surface area contributed by atoms with Crippen molar-refractivity contribution in [3.63, 3.8) is 0 Å². The Labute approximate surface area is 174 Å². The van der Waals surface area contributed by atoms with Crippen LogP contribution >= 0.6 is 48.0 Å². The van der Waals surface area contributed by atoms with Gasteiger partial charge in [-0.1, -0.05) is 23.2 Å². The highest BCUT2D eigenvalue weighted by Crippen LogP contribution is 2.31. The van der Waals surface area contributed by atoms with Crippen LogP contribution in [0.3, 0.4) is 0 Å². The average Bonchev–Trinajstić information content (AvgIpc) is 2.99. The molecule has 0 radical (unpaired) electrons. The molecule has 0 atom stereocenters.